The van der Waals surface area contributed by atoms with E-state index in [2.05, 4.69) is 5.32 Å². The fourth-order valence-electron chi connectivity index (χ4n) is 1.61. The fraction of sp³-hybridized carbons (Fsp3) is 0.300. The van der Waals surface area contributed by atoms with Crippen LogP contribution in [0.4, 0.5) is 5.69 Å². The third kappa shape index (κ3) is 1.39. The Kier molecular flexibility index (Phi) is 2.04. The monoisotopic (exact) mass is 193 g/mol. The van der Waals surface area contributed by atoms with Gasteiger partial charge in [0.2, 0.25) is 0 Å². The number of methoxy groups -OCH3 is 1. The van der Waals surface area contributed by atoms with Crippen LogP contribution in [0.1, 0.15) is 5.56 Å². The zero-order chi connectivity index (χ0) is 10.1. The Bertz CT molecular complexity index is 376. The SMILES string of the molecule is COc1ccc2c(c1)CC(C(=O)O)N2. The zero-order valence-corrected chi connectivity index (χ0v) is 7.78. The Hall–Kier alpha value is -1.71. The minimum absolute atomic E-state index is 0.503. The molecule has 2 rings (SSSR count). The van der Waals surface area contributed by atoms with Gasteiger partial charge < -0.3 is 15.2 Å². The number of aliphatic carboxylic acids is 1. The third-order valence-electron chi connectivity index (χ3n) is 2.36. The Labute approximate surface area is 81.5 Å². The van der Waals surface area contributed by atoms with Crippen molar-refractivity contribution in [3.8, 4) is 5.75 Å². The van der Waals surface area contributed by atoms with Gasteiger partial charge in [-0.1, -0.05) is 0 Å². The second-order valence-electron chi connectivity index (χ2n) is 3.26. The van der Waals surface area contributed by atoms with Crippen molar-refractivity contribution in [3.63, 3.8) is 0 Å². The molecule has 0 fully saturated rings. The van der Waals surface area contributed by atoms with Crippen LogP contribution >= 0.6 is 0 Å². The molecule has 14 heavy (non-hydrogen) atoms. The van der Waals surface area contributed by atoms with E-state index in [4.69, 9.17) is 9.84 Å². The standard InChI is InChI=1S/C10H11NO3/c1-14-7-2-3-8-6(4-7)5-9(11-8)10(12)13/h2-4,9,11H,5H2,1H3,(H,12,13). The molecule has 1 aliphatic heterocycles. The summed E-state index contributed by atoms with van der Waals surface area (Å²) >= 11 is 0. The average molecular weight is 193 g/mol. The minimum Gasteiger partial charge on any atom is -0.497 e. The Morgan fingerprint density at radius 1 is 1.64 bits per heavy atom. The van der Waals surface area contributed by atoms with Gasteiger partial charge in [-0.3, -0.25) is 0 Å². The van der Waals surface area contributed by atoms with E-state index in [1.54, 1.807) is 7.11 Å². The van der Waals surface area contributed by atoms with E-state index < -0.39 is 12.0 Å². The lowest BCUT2D eigenvalue weighted by Gasteiger charge is -2.03. The van der Waals surface area contributed by atoms with Gasteiger partial charge in [0.05, 0.1) is 7.11 Å². The maximum absolute atomic E-state index is 10.7. The van der Waals surface area contributed by atoms with Crippen LogP contribution in [0.5, 0.6) is 5.75 Å². The number of ether oxygens (including phenoxy) is 1. The molecule has 1 heterocycles. The second-order valence-corrected chi connectivity index (χ2v) is 3.26. The van der Waals surface area contributed by atoms with Gasteiger partial charge in [0, 0.05) is 12.1 Å². The van der Waals surface area contributed by atoms with Crippen molar-refractivity contribution in [2.24, 2.45) is 0 Å². The molecular formula is C10H11NO3. The van der Waals surface area contributed by atoms with Crippen molar-refractivity contribution in [2.45, 2.75) is 12.5 Å². The molecule has 0 amide bonds. The predicted octanol–water partition coefficient (Wildman–Crippen LogP) is 1.12. The molecule has 0 spiro atoms. The fourth-order valence-corrected chi connectivity index (χ4v) is 1.61. The van der Waals surface area contributed by atoms with Crippen molar-refractivity contribution in [2.75, 3.05) is 12.4 Å². The minimum atomic E-state index is -0.819. The summed E-state index contributed by atoms with van der Waals surface area (Å²) in [5.74, 6) is -0.0586. The lowest BCUT2D eigenvalue weighted by molar-refractivity contribution is -0.137. The van der Waals surface area contributed by atoms with Crippen molar-refractivity contribution in [3.05, 3.63) is 23.8 Å². The number of fused-ring (bicyclic) bond motifs is 1. The van der Waals surface area contributed by atoms with Gasteiger partial charge in [-0.05, 0) is 23.8 Å². The van der Waals surface area contributed by atoms with Gasteiger partial charge in [-0.2, -0.15) is 0 Å². The van der Waals surface area contributed by atoms with Gasteiger partial charge in [0.1, 0.15) is 11.8 Å². The molecule has 1 aromatic carbocycles. The summed E-state index contributed by atoms with van der Waals surface area (Å²) in [6.07, 6.45) is 0.516. The van der Waals surface area contributed by atoms with E-state index in [9.17, 15) is 4.79 Å². The average Bonchev–Trinajstić information content (AvgIpc) is 2.59. The first kappa shape index (κ1) is 8.87. The summed E-state index contributed by atoms with van der Waals surface area (Å²) in [5.41, 5.74) is 1.88. The maximum Gasteiger partial charge on any atom is 0.326 e. The summed E-state index contributed by atoms with van der Waals surface area (Å²) in [6.45, 7) is 0. The summed E-state index contributed by atoms with van der Waals surface area (Å²) in [6, 6.07) is 5.02. The van der Waals surface area contributed by atoms with Crippen molar-refractivity contribution >= 4 is 11.7 Å². The predicted molar refractivity (Wildman–Crippen MR) is 51.7 cm³/mol. The van der Waals surface area contributed by atoms with Crippen LogP contribution in [0.2, 0.25) is 0 Å². The van der Waals surface area contributed by atoms with Crippen LogP contribution in [0, 0.1) is 0 Å². The smallest absolute Gasteiger partial charge is 0.326 e. The van der Waals surface area contributed by atoms with Crippen LogP contribution in [0.25, 0.3) is 0 Å². The van der Waals surface area contributed by atoms with Gasteiger partial charge in [0.15, 0.2) is 0 Å². The topological polar surface area (TPSA) is 58.6 Å². The molecule has 1 aliphatic rings. The zero-order valence-electron chi connectivity index (χ0n) is 7.78. The van der Waals surface area contributed by atoms with Crippen LogP contribution < -0.4 is 10.1 Å². The molecule has 2 N–H and O–H groups in total. The number of benzene rings is 1. The maximum atomic E-state index is 10.7. The first-order chi connectivity index (χ1) is 6.70. The van der Waals surface area contributed by atoms with E-state index >= 15 is 0 Å². The summed E-state index contributed by atoms with van der Waals surface area (Å²) in [4.78, 5) is 10.7. The Morgan fingerprint density at radius 3 is 3.07 bits per heavy atom. The molecule has 74 valence electrons. The molecule has 0 saturated carbocycles. The van der Waals surface area contributed by atoms with Crippen molar-refractivity contribution in [1.82, 2.24) is 0 Å². The first-order valence-electron chi connectivity index (χ1n) is 4.37. The van der Waals surface area contributed by atoms with Gasteiger partial charge in [-0.25, -0.2) is 4.79 Å². The molecule has 1 unspecified atom stereocenters. The Balaban J connectivity index is 2.27. The van der Waals surface area contributed by atoms with Crippen LogP contribution in [-0.2, 0) is 11.2 Å². The lowest BCUT2D eigenvalue weighted by Crippen LogP contribution is -2.26. The largest absolute Gasteiger partial charge is 0.497 e. The highest BCUT2D eigenvalue weighted by molar-refractivity contribution is 5.81. The summed E-state index contributed by atoms with van der Waals surface area (Å²) < 4.78 is 5.06. The molecule has 4 heteroatoms. The highest BCUT2D eigenvalue weighted by Crippen LogP contribution is 2.29. The van der Waals surface area contributed by atoms with Gasteiger partial charge in [0.25, 0.3) is 0 Å². The number of hydrogen-bond acceptors (Lipinski definition) is 3. The molecule has 0 aromatic heterocycles. The molecule has 0 bridgehead atoms. The molecule has 0 aliphatic carbocycles. The highest BCUT2D eigenvalue weighted by Gasteiger charge is 2.26. The molecule has 1 aromatic rings. The number of carboxylic acid groups (broad SMARTS) is 1. The second kappa shape index (κ2) is 3.21. The summed E-state index contributed by atoms with van der Waals surface area (Å²) in [7, 11) is 1.60. The van der Waals surface area contributed by atoms with E-state index in [-0.39, 0.29) is 0 Å². The van der Waals surface area contributed by atoms with Crippen LogP contribution in [0.15, 0.2) is 18.2 Å². The number of carboxylic acids is 1. The van der Waals surface area contributed by atoms with Crippen molar-refractivity contribution < 1.29 is 14.6 Å². The third-order valence-corrected chi connectivity index (χ3v) is 2.36. The van der Waals surface area contributed by atoms with Crippen molar-refractivity contribution in [1.29, 1.82) is 0 Å². The van der Waals surface area contributed by atoms with Crippen LogP contribution in [0.3, 0.4) is 0 Å². The van der Waals surface area contributed by atoms with E-state index in [0.717, 1.165) is 17.0 Å². The van der Waals surface area contributed by atoms with Crippen LogP contribution in [-0.4, -0.2) is 24.2 Å². The van der Waals surface area contributed by atoms with E-state index in [0.29, 0.717) is 6.42 Å². The molecule has 0 radical (unpaired) electrons. The van der Waals surface area contributed by atoms with Gasteiger partial charge in [-0.15, -0.1) is 0 Å². The molecule has 1 atom stereocenters. The number of hydrogen-bond donors (Lipinski definition) is 2. The highest BCUT2D eigenvalue weighted by atomic mass is 16.5. The number of nitrogens with one attached hydrogen (secondary N) is 1. The van der Waals surface area contributed by atoms with E-state index in [1.165, 1.54) is 0 Å². The molecule has 0 saturated heterocycles. The lowest BCUT2D eigenvalue weighted by atomic mass is 10.1. The quantitative estimate of drug-likeness (QED) is 0.738. The Morgan fingerprint density at radius 2 is 2.43 bits per heavy atom. The molecule has 4 nitrogen and oxygen atoms in total. The normalized spacial score (nSPS) is 18.5. The number of anilines is 1. The number of carbonyl (C=O) groups is 1. The van der Waals surface area contributed by atoms with E-state index in [1.807, 2.05) is 18.2 Å². The van der Waals surface area contributed by atoms with Gasteiger partial charge >= 0.3 is 5.97 Å². The first-order valence-corrected chi connectivity index (χ1v) is 4.37. The summed E-state index contributed by atoms with van der Waals surface area (Å²) in [5, 5.41) is 11.7. The number of rotatable bonds is 2. The molecular weight excluding hydrogens is 182 g/mol.